The van der Waals surface area contributed by atoms with Gasteiger partial charge in [-0.3, -0.25) is 14.8 Å². The van der Waals surface area contributed by atoms with E-state index >= 15 is 0 Å². The normalized spacial score (nSPS) is 10.7. The molecule has 0 aliphatic carbocycles. The molecule has 1 N–H and O–H groups in total. The second-order valence-corrected chi connectivity index (χ2v) is 7.28. The molecule has 2 heterocycles. The van der Waals surface area contributed by atoms with E-state index in [1.807, 2.05) is 36.5 Å². The van der Waals surface area contributed by atoms with Crippen LogP contribution in [0.1, 0.15) is 50.2 Å². The maximum absolute atomic E-state index is 12.1. The molecular weight excluding hydrogens is 358 g/mol. The SMILES string of the molecule is CCc1ccc(NC(=O)CCCCCCc2ccnc(-c3ccccn3)c2)cc1. The first-order valence-corrected chi connectivity index (χ1v) is 10.5. The molecule has 0 radical (unpaired) electrons. The summed E-state index contributed by atoms with van der Waals surface area (Å²) in [4.78, 5) is 20.9. The van der Waals surface area contributed by atoms with Crippen molar-refractivity contribution >= 4 is 11.6 Å². The molecule has 1 aromatic carbocycles. The average molecular weight is 388 g/mol. The van der Waals surface area contributed by atoms with E-state index in [1.165, 1.54) is 11.1 Å². The Bertz CT molecular complexity index is 891. The quantitative estimate of drug-likeness (QED) is 0.445. The number of nitrogens with one attached hydrogen (secondary N) is 1. The van der Waals surface area contributed by atoms with Crippen molar-refractivity contribution in [3.05, 3.63) is 78.1 Å². The molecule has 4 nitrogen and oxygen atoms in total. The van der Waals surface area contributed by atoms with Crippen LogP contribution in [0.3, 0.4) is 0 Å². The van der Waals surface area contributed by atoms with Crippen LogP contribution in [0.4, 0.5) is 5.69 Å². The molecule has 4 heteroatoms. The predicted molar refractivity (Wildman–Crippen MR) is 119 cm³/mol. The second-order valence-electron chi connectivity index (χ2n) is 7.28. The smallest absolute Gasteiger partial charge is 0.224 e. The van der Waals surface area contributed by atoms with Crippen molar-refractivity contribution in [2.45, 2.75) is 51.9 Å². The topological polar surface area (TPSA) is 54.9 Å². The number of rotatable bonds is 10. The van der Waals surface area contributed by atoms with E-state index in [0.29, 0.717) is 6.42 Å². The number of amides is 1. The number of aryl methyl sites for hydroxylation is 2. The molecule has 0 spiro atoms. The Kier molecular flexibility index (Phi) is 7.93. The average Bonchev–Trinajstić information content (AvgIpc) is 2.77. The number of anilines is 1. The van der Waals surface area contributed by atoms with Crippen LogP contribution in [-0.4, -0.2) is 15.9 Å². The van der Waals surface area contributed by atoms with Gasteiger partial charge in [0.1, 0.15) is 0 Å². The maximum atomic E-state index is 12.1. The van der Waals surface area contributed by atoms with Crippen LogP contribution in [0.25, 0.3) is 11.4 Å². The maximum Gasteiger partial charge on any atom is 0.224 e. The van der Waals surface area contributed by atoms with Crippen molar-refractivity contribution in [2.75, 3.05) is 5.32 Å². The zero-order valence-corrected chi connectivity index (χ0v) is 17.1. The third-order valence-electron chi connectivity index (χ3n) is 5.02. The number of nitrogens with zero attached hydrogens (tertiary/aromatic N) is 2. The first-order chi connectivity index (χ1) is 14.2. The number of pyridine rings is 2. The Balaban J connectivity index is 1.33. The highest BCUT2D eigenvalue weighted by Crippen LogP contribution is 2.17. The van der Waals surface area contributed by atoms with Crippen LogP contribution in [0, 0.1) is 0 Å². The van der Waals surface area contributed by atoms with Crippen LogP contribution in [0.15, 0.2) is 67.0 Å². The zero-order chi connectivity index (χ0) is 20.3. The highest BCUT2D eigenvalue weighted by atomic mass is 16.1. The highest BCUT2D eigenvalue weighted by molar-refractivity contribution is 5.90. The summed E-state index contributed by atoms with van der Waals surface area (Å²) in [7, 11) is 0. The van der Waals surface area contributed by atoms with Gasteiger partial charge in [0.2, 0.25) is 5.91 Å². The molecular formula is C25H29N3O. The van der Waals surface area contributed by atoms with E-state index < -0.39 is 0 Å². The minimum Gasteiger partial charge on any atom is -0.326 e. The van der Waals surface area contributed by atoms with E-state index in [4.69, 9.17) is 0 Å². The molecule has 29 heavy (non-hydrogen) atoms. The largest absolute Gasteiger partial charge is 0.326 e. The molecule has 3 rings (SSSR count). The fraction of sp³-hybridized carbons (Fsp3) is 0.320. The van der Waals surface area contributed by atoms with Gasteiger partial charge in [-0.15, -0.1) is 0 Å². The number of carbonyl (C=O) groups excluding carboxylic acids is 1. The van der Waals surface area contributed by atoms with Crippen LogP contribution in [-0.2, 0) is 17.6 Å². The molecule has 150 valence electrons. The molecule has 0 fully saturated rings. The number of hydrogen-bond donors (Lipinski definition) is 1. The van der Waals surface area contributed by atoms with E-state index in [0.717, 1.165) is 55.6 Å². The standard InChI is InChI=1S/C25H29N3O/c1-2-20-12-14-22(15-13-20)28-25(29)11-6-4-3-5-9-21-16-18-27-24(19-21)23-10-7-8-17-26-23/h7-8,10,12-19H,2-6,9,11H2,1H3,(H,28,29). The van der Waals surface area contributed by atoms with E-state index in [1.54, 1.807) is 6.20 Å². The summed E-state index contributed by atoms with van der Waals surface area (Å²) in [6.07, 6.45) is 10.5. The van der Waals surface area contributed by atoms with E-state index in [-0.39, 0.29) is 5.91 Å². The minimum absolute atomic E-state index is 0.100. The molecule has 0 saturated heterocycles. The highest BCUT2D eigenvalue weighted by Gasteiger charge is 2.04. The van der Waals surface area contributed by atoms with Gasteiger partial charge in [0.15, 0.2) is 0 Å². The van der Waals surface area contributed by atoms with Gasteiger partial charge < -0.3 is 5.32 Å². The van der Waals surface area contributed by atoms with E-state index in [2.05, 4.69) is 46.5 Å². The van der Waals surface area contributed by atoms with Crippen molar-refractivity contribution in [1.29, 1.82) is 0 Å². The monoisotopic (exact) mass is 387 g/mol. The number of hydrogen-bond acceptors (Lipinski definition) is 3. The summed E-state index contributed by atoms with van der Waals surface area (Å²) in [5.74, 6) is 0.100. The summed E-state index contributed by atoms with van der Waals surface area (Å²) in [6, 6.07) is 18.2. The molecule has 0 saturated carbocycles. The summed E-state index contributed by atoms with van der Waals surface area (Å²) >= 11 is 0. The first kappa shape index (κ1) is 20.7. The molecule has 0 bridgehead atoms. The Labute approximate surface area is 173 Å². The van der Waals surface area contributed by atoms with Crippen molar-refractivity contribution in [3.63, 3.8) is 0 Å². The van der Waals surface area contributed by atoms with Gasteiger partial charge in [-0.2, -0.15) is 0 Å². The second kappa shape index (κ2) is 11.1. The summed E-state index contributed by atoms with van der Waals surface area (Å²) in [5, 5.41) is 2.98. The number of carbonyl (C=O) groups is 1. The fourth-order valence-corrected chi connectivity index (χ4v) is 3.30. The minimum atomic E-state index is 0.100. The van der Waals surface area contributed by atoms with Crippen LogP contribution >= 0.6 is 0 Å². The van der Waals surface area contributed by atoms with Gasteiger partial charge in [0.05, 0.1) is 11.4 Å². The van der Waals surface area contributed by atoms with Crippen LogP contribution < -0.4 is 5.32 Å². The lowest BCUT2D eigenvalue weighted by atomic mass is 10.0. The Morgan fingerprint density at radius 3 is 2.38 bits per heavy atom. The lowest BCUT2D eigenvalue weighted by Gasteiger charge is -2.07. The van der Waals surface area contributed by atoms with E-state index in [9.17, 15) is 4.79 Å². The molecule has 2 aromatic heterocycles. The van der Waals surface area contributed by atoms with Gasteiger partial charge in [-0.25, -0.2) is 0 Å². The summed E-state index contributed by atoms with van der Waals surface area (Å²) in [6.45, 7) is 2.13. The first-order valence-electron chi connectivity index (χ1n) is 10.5. The fourth-order valence-electron chi connectivity index (χ4n) is 3.30. The molecule has 0 unspecified atom stereocenters. The van der Waals surface area contributed by atoms with Gasteiger partial charge in [-0.1, -0.05) is 38.0 Å². The van der Waals surface area contributed by atoms with Crippen LogP contribution in [0.2, 0.25) is 0 Å². The molecule has 3 aromatic rings. The third kappa shape index (κ3) is 6.83. The Morgan fingerprint density at radius 2 is 1.62 bits per heavy atom. The molecule has 0 aliphatic rings. The van der Waals surface area contributed by atoms with Gasteiger partial charge >= 0.3 is 0 Å². The molecule has 1 amide bonds. The number of unbranched alkanes of at least 4 members (excludes halogenated alkanes) is 3. The molecule has 0 atom stereocenters. The number of aromatic nitrogens is 2. The Hall–Kier alpha value is -3.01. The number of benzene rings is 1. The van der Waals surface area contributed by atoms with Gasteiger partial charge in [0, 0.05) is 24.5 Å². The molecule has 0 aliphatic heterocycles. The van der Waals surface area contributed by atoms with Gasteiger partial charge in [-0.05, 0) is 73.2 Å². The lowest BCUT2D eigenvalue weighted by Crippen LogP contribution is -2.10. The zero-order valence-electron chi connectivity index (χ0n) is 17.1. The van der Waals surface area contributed by atoms with Crippen molar-refractivity contribution < 1.29 is 4.79 Å². The van der Waals surface area contributed by atoms with Crippen molar-refractivity contribution in [1.82, 2.24) is 9.97 Å². The third-order valence-corrected chi connectivity index (χ3v) is 5.02. The predicted octanol–water partition coefficient (Wildman–Crippen LogP) is 5.84. The van der Waals surface area contributed by atoms with Crippen molar-refractivity contribution in [2.24, 2.45) is 0 Å². The van der Waals surface area contributed by atoms with Crippen LogP contribution in [0.5, 0.6) is 0 Å². The lowest BCUT2D eigenvalue weighted by molar-refractivity contribution is -0.116. The summed E-state index contributed by atoms with van der Waals surface area (Å²) < 4.78 is 0. The van der Waals surface area contributed by atoms with Gasteiger partial charge in [0.25, 0.3) is 0 Å². The van der Waals surface area contributed by atoms with Crippen molar-refractivity contribution in [3.8, 4) is 11.4 Å². The Morgan fingerprint density at radius 1 is 0.828 bits per heavy atom. The summed E-state index contributed by atoms with van der Waals surface area (Å²) in [5.41, 5.74) is 5.28.